The molecule has 0 saturated heterocycles. The summed E-state index contributed by atoms with van der Waals surface area (Å²) in [5.41, 5.74) is 1.22. The van der Waals surface area contributed by atoms with Gasteiger partial charge in [0.1, 0.15) is 4.88 Å². The number of amides is 1. The molecule has 2 rings (SSSR count). The number of carboxylic acids is 1. The van der Waals surface area contributed by atoms with E-state index < -0.39 is 5.97 Å². The van der Waals surface area contributed by atoms with Crippen molar-refractivity contribution in [3.63, 3.8) is 0 Å². The predicted molar refractivity (Wildman–Crippen MR) is 79.6 cm³/mol. The lowest BCUT2D eigenvalue weighted by Gasteiger charge is -2.03. The van der Waals surface area contributed by atoms with Crippen LogP contribution in [0.25, 0.3) is 0 Å². The zero-order valence-corrected chi connectivity index (χ0v) is 12.3. The van der Waals surface area contributed by atoms with Crippen molar-refractivity contribution in [2.45, 2.75) is 11.3 Å². The molecule has 0 saturated carbocycles. The summed E-state index contributed by atoms with van der Waals surface area (Å²) in [6.07, 6.45) is 0. The van der Waals surface area contributed by atoms with Crippen molar-refractivity contribution in [3.05, 3.63) is 40.9 Å². The van der Waals surface area contributed by atoms with Gasteiger partial charge in [-0.3, -0.25) is 4.79 Å². The second-order valence-corrected chi connectivity index (χ2v) is 6.12. The molecular formula is C13H12N2O3S2. The zero-order chi connectivity index (χ0) is 14.5. The molecule has 0 aliphatic rings. The fourth-order valence-electron chi connectivity index (χ4n) is 1.48. The molecule has 0 spiro atoms. The smallest absolute Gasteiger partial charge is 0.347 e. The van der Waals surface area contributed by atoms with Gasteiger partial charge in [-0.1, -0.05) is 30.0 Å². The summed E-state index contributed by atoms with van der Waals surface area (Å²) >= 11 is 2.32. The first-order valence-corrected chi connectivity index (χ1v) is 7.55. The Morgan fingerprint density at radius 3 is 2.65 bits per heavy atom. The number of thiazole rings is 1. The lowest BCUT2D eigenvalue weighted by atomic mass is 10.3. The Hall–Kier alpha value is -1.86. The fourth-order valence-corrected chi connectivity index (χ4v) is 3.31. The topological polar surface area (TPSA) is 79.3 Å². The Balaban J connectivity index is 1.90. The van der Waals surface area contributed by atoms with Gasteiger partial charge < -0.3 is 10.4 Å². The second kappa shape index (κ2) is 6.53. The van der Waals surface area contributed by atoms with E-state index in [1.165, 1.54) is 11.8 Å². The number of para-hydroxylation sites is 1. The van der Waals surface area contributed by atoms with Crippen LogP contribution in [0.4, 0.5) is 5.69 Å². The molecule has 0 aliphatic carbocycles. The normalized spacial score (nSPS) is 10.2. The van der Waals surface area contributed by atoms with Crippen LogP contribution in [0.5, 0.6) is 0 Å². The van der Waals surface area contributed by atoms with Crippen LogP contribution < -0.4 is 5.32 Å². The van der Waals surface area contributed by atoms with Crippen LogP contribution in [0.2, 0.25) is 0 Å². The maximum Gasteiger partial charge on any atom is 0.347 e. The number of nitrogens with one attached hydrogen (secondary N) is 1. The van der Waals surface area contributed by atoms with Crippen LogP contribution in [0, 0.1) is 6.92 Å². The van der Waals surface area contributed by atoms with Gasteiger partial charge in [0, 0.05) is 5.69 Å². The molecule has 2 N–H and O–H groups in total. The molecule has 0 atom stereocenters. The number of nitrogens with zero attached hydrogens (tertiary/aromatic N) is 1. The quantitative estimate of drug-likeness (QED) is 0.830. The number of carbonyl (C=O) groups excluding carboxylic acids is 1. The Morgan fingerprint density at radius 2 is 2.05 bits per heavy atom. The molecule has 0 aliphatic heterocycles. The minimum absolute atomic E-state index is 0.147. The van der Waals surface area contributed by atoms with E-state index in [0.717, 1.165) is 17.0 Å². The average molecular weight is 308 g/mol. The maximum atomic E-state index is 11.7. The lowest BCUT2D eigenvalue weighted by Crippen LogP contribution is -2.13. The SMILES string of the molecule is Cc1nc(SCC(=O)Nc2ccccc2)sc1C(=O)O. The first-order valence-electron chi connectivity index (χ1n) is 5.74. The highest BCUT2D eigenvalue weighted by molar-refractivity contribution is 8.01. The Morgan fingerprint density at radius 1 is 1.35 bits per heavy atom. The number of carboxylic acid groups (broad SMARTS) is 1. The summed E-state index contributed by atoms with van der Waals surface area (Å²) in [6.45, 7) is 1.65. The molecule has 1 heterocycles. The first kappa shape index (κ1) is 14.5. The molecule has 5 nitrogen and oxygen atoms in total. The summed E-state index contributed by atoms with van der Waals surface area (Å²) < 4.78 is 0.586. The van der Waals surface area contributed by atoms with Crippen LogP contribution in [0.1, 0.15) is 15.4 Å². The highest BCUT2D eigenvalue weighted by Crippen LogP contribution is 2.27. The summed E-state index contributed by atoms with van der Waals surface area (Å²) in [5.74, 6) is -0.938. The number of aromatic nitrogens is 1. The molecule has 0 radical (unpaired) electrons. The number of thioether (sulfide) groups is 1. The average Bonchev–Trinajstić information content (AvgIpc) is 2.79. The molecule has 1 aromatic carbocycles. The van der Waals surface area contributed by atoms with Crippen LogP contribution >= 0.6 is 23.1 Å². The molecule has 1 aromatic heterocycles. The third-order valence-electron chi connectivity index (χ3n) is 2.36. The number of hydrogen-bond donors (Lipinski definition) is 2. The fraction of sp³-hybridized carbons (Fsp3) is 0.154. The molecular weight excluding hydrogens is 296 g/mol. The number of aryl methyl sites for hydroxylation is 1. The van der Waals surface area contributed by atoms with Crippen molar-refractivity contribution in [2.75, 3.05) is 11.1 Å². The Kier molecular flexibility index (Phi) is 4.75. The molecule has 104 valence electrons. The van der Waals surface area contributed by atoms with Crippen molar-refractivity contribution >= 4 is 40.7 Å². The molecule has 20 heavy (non-hydrogen) atoms. The Labute approximate surface area is 124 Å². The predicted octanol–water partition coefficient (Wildman–Crippen LogP) is 2.88. The van der Waals surface area contributed by atoms with Gasteiger partial charge in [-0.15, -0.1) is 11.3 Å². The Bertz CT molecular complexity index is 626. The number of aromatic carboxylic acids is 1. The number of anilines is 1. The van der Waals surface area contributed by atoms with E-state index in [9.17, 15) is 9.59 Å². The largest absolute Gasteiger partial charge is 0.477 e. The third-order valence-corrected chi connectivity index (χ3v) is 4.64. The third kappa shape index (κ3) is 3.82. The van der Waals surface area contributed by atoms with E-state index in [0.29, 0.717) is 10.0 Å². The lowest BCUT2D eigenvalue weighted by molar-refractivity contribution is -0.113. The van der Waals surface area contributed by atoms with Gasteiger partial charge >= 0.3 is 5.97 Å². The summed E-state index contributed by atoms with van der Waals surface area (Å²) in [7, 11) is 0. The molecule has 0 bridgehead atoms. The monoisotopic (exact) mass is 308 g/mol. The van der Waals surface area contributed by atoms with Crippen molar-refractivity contribution < 1.29 is 14.7 Å². The van der Waals surface area contributed by atoms with Crippen LogP contribution in [0.15, 0.2) is 34.7 Å². The van der Waals surface area contributed by atoms with Crippen molar-refractivity contribution in [1.82, 2.24) is 4.98 Å². The second-order valence-electron chi connectivity index (χ2n) is 3.90. The van der Waals surface area contributed by atoms with Gasteiger partial charge in [-0.2, -0.15) is 0 Å². The van der Waals surface area contributed by atoms with E-state index >= 15 is 0 Å². The summed E-state index contributed by atoms with van der Waals surface area (Å²) in [6, 6.07) is 9.16. The van der Waals surface area contributed by atoms with Gasteiger partial charge in [-0.25, -0.2) is 9.78 Å². The van der Waals surface area contributed by atoms with Gasteiger partial charge in [0.2, 0.25) is 5.91 Å². The number of benzene rings is 1. The van der Waals surface area contributed by atoms with Crippen LogP contribution in [-0.2, 0) is 4.79 Å². The van der Waals surface area contributed by atoms with E-state index in [1.807, 2.05) is 18.2 Å². The zero-order valence-electron chi connectivity index (χ0n) is 10.6. The van der Waals surface area contributed by atoms with Crippen molar-refractivity contribution in [2.24, 2.45) is 0 Å². The highest BCUT2D eigenvalue weighted by Gasteiger charge is 2.15. The van der Waals surface area contributed by atoms with Gasteiger partial charge in [-0.05, 0) is 19.1 Å². The number of hydrogen-bond acceptors (Lipinski definition) is 5. The molecule has 1 amide bonds. The van der Waals surface area contributed by atoms with Gasteiger partial charge in [0.05, 0.1) is 11.4 Å². The van der Waals surface area contributed by atoms with Crippen molar-refractivity contribution in [1.29, 1.82) is 0 Å². The molecule has 7 heteroatoms. The van der Waals surface area contributed by atoms with Gasteiger partial charge in [0.25, 0.3) is 0 Å². The van der Waals surface area contributed by atoms with E-state index in [4.69, 9.17) is 5.11 Å². The van der Waals surface area contributed by atoms with E-state index in [2.05, 4.69) is 10.3 Å². The van der Waals surface area contributed by atoms with Gasteiger partial charge in [0.15, 0.2) is 4.34 Å². The van der Waals surface area contributed by atoms with E-state index in [1.54, 1.807) is 19.1 Å². The first-order chi connectivity index (χ1) is 9.56. The number of carbonyl (C=O) groups is 2. The molecule has 2 aromatic rings. The van der Waals surface area contributed by atoms with Crippen molar-refractivity contribution in [3.8, 4) is 0 Å². The molecule has 0 unspecified atom stereocenters. The summed E-state index contributed by atoms with van der Waals surface area (Å²) in [5, 5.41) is 11.7. The standard InChI is InChI=1S/C13H12N2O3S2/c1-8-11(12(17)18)20-13(14-8)19-7-10(16)15-9-5-3-2-4-6-9/h2-6H,7H2,1H3,(H,15,16)(H,17,18). The molecule has 0 fully saturated rings. The van der Waals surface area contributed by atoms with E-state index in [-0.39, 0.29) is 16.5 Å². The van der Waals surface area contributed by atoms with Crippen LogP contribution in [-0.4, -0.2) is 27.7 Å². The summed E-state index contributed by atoms with van der Waals surface area (Å²) in [4.78, 5) is 27.0. The maximum absolute atomic E-state index is 11.7. The minimum Gasteiger partial charge on any atom is -0.477 e. The minimum atomic E-state index is -0.986. The highest BCUT2D eigenvalue weighted by atomic mass is 32.2. The number of rotatable bonds is 5. The van der Waals surface area contributed by atoms with Crippen LogP contribution in [0.3, 0.4) is 0 Å².